The van der Waals surface area contributed by atoms with Crippen LogP contribution in [-0.2, 0) is 19.0 Å². The van der Waals surface area contributed by atoms with Crippen LogP contribution in [0.15, 0.2) is 29.4 Å². The van der Waals surface area contributed by atoms with E-state index in [1.54, 1.807) is 0 Å². The number of H-pyrrole nitrogens is 1. The fourth-order valence-electron chi connectivity index (χ4n) is 2.75. The van der Waals surface area contributed by atoms with E-state index in [0.29, 0.717) is 0 Å². The Kier molecular flexibility index (Phi) is 4.37. The summed E-state index contributed by atoms with van der Waals surface area (Å²) in [5.41, 5.74) is 3.38. The molecule has 0 saturated carbocycles. The quantitative estimate of drug-likeness (QED) is 0.668. The van der Waals surface area contributed by atoms with Crippen molar-refractivity contribution in [3.8, 4) is 0 Å². The lowest BCUT2D eigenvalue weighted by Crippen LogP contribution is -2.20. The van der Waals surface area contributed by atoms with Crippen molar-refractivity contribution < 1.29 is 18.0 Å². The Balaban J connectivity index is 1.73. The molecular weight excluding hydrogens is 321 g/mol. The molecule has 2 N–H and O–H groups in total. The molecule has 0 fully saturated rings. The molecular formula is C16H15F3N4O. The molecule has 0 bridgehead atoms. The normalized spacial score (nSPS) is 14.6. The van der Waals surface area contributed by atoms with Crippen molar-refractivity contribution in [2.45, 2.75) is 31.9 Å². The highest BCUT2D eigenvalue weighted by Gasteiger charge is 2.32. The van der Waals surface area contributed by atoms with E-state index in [1.165, 1.54) is 18.2 Å². The third-order valence-electron chi connectivity index (χ3n) is 3.91. The molecule has 126 valence electrons. The van der Waals surface area contributed by atoms with Crippen molar-refractivity contribution in [3.05, 3.63) is 52.3 Å². The van der Waals surface area contributed by atoms with Gasteiger partial charge in [-0.15, -0.1) is 0 Å². The van der Waals surface area contributed by atoms with Crippen molar-refractivity contribution in [1.29, 1.82) is 0 Å². The number of fused-ring (bicyclic) bond motifs is 1. The summed E-state index contributed by atoms with van der Waals surface area (Å²) in [5, 5.41) is 10.5. The zero-order valence-electron chi connectivity index (χ0n) is 12.7. The first-order valence-electron chi connectivity index (χ1n) is 7.52. The summed E-state index contributed by atoms with van der Waals surface area (Å²) >= 11 is 0. The second-order valence-electron chi connectivity index (χ2n) is 5.52. The average molecular weight is 336 g/mol. The standard InChI is InChI=1S/C16H15F3N4O/c17-16(18,19)12-7-3-1-5-10(12)9-20-23-15(24)14-11-6-2-4-8-13(11)21-22-14/h1,3,5,7,9H,2,4,6,8H2,(H,21,22)(H,23,24)/b20-9-. The Labute approximate surface area is 136 Å². The molecule has 2 aromatic rings. The van der Waals surface area contributed by atoms with E-state index in [4.69, 9.17) is 0 Å². The topological polar surface area (TPSA) is 70.1 Å². The molecule has 1 aliphatic carbocycles. The predicted octanol–water partition coefficient (Wildman–Crippen LogP) is 3.07. The lowest BCUT2D eigenvalue weighted by molar-refractivity contribution is -0.137. The Morgan fingerprint density at radius 3 is 2.79 bits per heavy atom. The Hall–Kier alpha value is -2.64. The SMILES string of the molecule is O=C(N/N=C\c1ccccc1C(F)(F)F)c1n[nH]c2c1CCCC2. The number of benzene rings is 1. The molecule has 1 amide bonds. The van der Waals surface area contributed by atoms with Gasteiger partial charge in [0.25, 0.3) is 5.91 Å². The number of nitrogens with zero attached hydrogens (tertiary/aromatic N) is 2. The molecule has 1 aliphatic rings. The number of rotatable bonds is 3. The van der Waals surface area contributed by atoms with Gasteiger partial charge in [0.1, 0.15) is 0 Å². The van der Waals surface area contributed by atoms with Crippen molar-refractivity contribution in [1.82, 2.24) is 15.6 Å². The highest BCUT2D eigenvalue weighted by molar-refractivity contribution is 5.94. The van der Waals surface area contributed by atoms with E-state index < -0.39 is 17.6 Å². The lowest BCUT2D eigenvalue weighted by Gasteiger charge is -2.10. The van der Waals surface area contributed by atoms with Gasteiger partial charge in [-0.05, 0) is 31.7 Å². The van der Waals surface area contributed by atoms with Gasteiger partial charge in [-0.2, -0.15) is 23.4 Å². The van der Waals surface area contributed by atoms with Gasteiger partial charge >= 0.3 is 6.18 Å². The lowest BCUT2D eigenvalue weighted by atomic mass is 9.96. The number of hydrogen-bond acceptors (Lipinski definition) is 3. The minimum Gasteiger partial charge on any atom is -0.281 e. The Morgan fingerprint density at radius 1 is 1.25 bits per heavy atom. The number of alkyl halides is 3. The first-order chi connectivity index (χ1) is 11.5. The van der Waals surface area contributed by atoms with Crippen molar-refractivity contribution in [2.24, 2.45) is 5.10 Å². The fourth-order valence-corrected chi connectivity index (χ4v) is 2.75. The highest BCUT2D eigenvalue weighted by atomic mass is 19.4. The average Bonchev–Trinajstić information content (AvgIpc) is 2.98. The van der Waals surface area contributed by atoms with E-state index in [9.17, 15) is 18.0 Å². The monoisotopic (exact) mass is 336 g/mol. The summed E-state index contributed by atoms with van der Waals surface area (Å²) in [6, 6.07) is 5.03. The van der Waals surface area contributed by atoms with Crippen LogP contribution in [0.4, 0.5) is 13.2 Å². The molecule has 0 saturated heterocycles. The van der Waals surface area contributed by atoms with Gasteiger partial charge < -0.3 is 0 Å². The Bertz CT molecular complexity index is 780. The second kappa shape index (κ2) is 6.46. The number of aryl methyl sites for hydroxylation is 1. The van der Waals surface area contributed by atoms with Gasteiger partial charge in [0.2, 0.25) is 0 Å². The van der Waals surface area contributed by atoms with Gasteiger partial charge in [0.05, 0.1) is 11.8 Å². The van der Waals surface area contributed by atoms with E-state index >= 15 is 0 Å². The van der Waals surface area contributed by atoms with E-state index in [2.05, 4.69) is 20.7 Å². The summed E-state index contributed by atoms with van der Waals surface area (Å²) in [4.78, 5) is 12.1. The fraction of sp³-hybridized carbons (Fsp3) is 0.312. The molecule has 0 aliphatic heterocycles. The van der Waals surface area contributed by atoms with Crippen LogP contribution in [0, 0.1) is 0 Å². The second-order valence-corrected chi connectivity index (χ2v) is 5.52. The van der Waals surface area contributed by atoms with E-state index in [-0.39, 0.29) is 11.3 Å². The molecule has 0 atom stereocenters. The maximum Gasteiger partial charge on any atom is 0.417 e. The van der Waals surface area contributed by atoms with Crippen molar-refractivity contribution >= 4 is 12.1 Å². The third kappa shape index (κ3) is 3.32. The molecule has 0 radical (unpaired) electrons. The summed E-state index contributed by atoms with van der Waals surface area (Å²) in [5.74, 6) is -0.532. The molecule has 24 heavy (non-hydrogen) atoms. The minimum atomic E-state index is -4.48. The van der Waals surface area contributed by atoms with Gasteiger partial charge in [-0.25, -0.2) is 5.43 Å². The molecule has 0 unspecified atom stereocenters. The zero-order valence-corrected chi connectivity index (χ0v) is 12.7. The number of hydrazone groups is 1. The highest BCUT2D eigenvalue weighted by Crippen LogP contribution is 2.31. The smallest absolute Gasteiger partial charge is 0.281 e. The molecule has 3 rings (SSSR count). The number of amides is 1. The van der Waals surface area contributed by atoms with Crippen LogP contribution in [0.25, 0.3) is 0 Å². The van der Waals surface area contributed by atoms with Gasteiger partial charge in [-0.1, -0.05) is 18.2 Å². The number of carbonyl (C=O) groups excluding carboxylic acids is 1. The molecule has 1 aromatic heterocycles. The van der Waals surface area contributed by atoms with Crippen LogP contribution in [0.3, 0.4) is 0 Å². The summed E-state index contributed by atoms with van der Waals surface area (Å²) in [7, 11) is 0. The molecule has 1 aromatic carbocycles. The van der Waals surface area contributed by atoms with E-state index in [1.807, 2.05) is 0 Å². The van der Waals surface area contributed by atoms with E-state index in [0.717, 1.165) is 49.2 Å². The zero-order chi connectivity index (χ0) is 17.2. The Morgan fingerprint density at radius 2 is 2.00 bits per heavy atom. The number of halogens is 3. The number of nitrogens with one attached hydrogen (secondary N) is 2. The number of carbonyl (C=O) groups is 1. The first kappa shape index (κ1) is 16.2. The molecule has 0 spiro atoms. The number of aromatic amines is 1. The molecule has 5 nitrogen and oxygen atoms in total. The van der Waals surface area contributed by atoms with Crippen LogP contribution in [0.5, 0.6) is 0 Å². The van der Waals surface area contributed by atoms with Crippen molar-refractivity contribution in [2.75, 3.05) is 0 Å². The van der Waals surface area contributed by atoms with Crippen molar-refractivity contribution in [3.63, 3.8) is 0 Å². The van der Waals surface area contributed by atoms with Gasteiger partial charge in [0.15, 0.2) is 5.69 Å². The number of aromatic nitrogens is 2. The van der Waals surface area contributed by atoms with Gasteiger partial charge in [-0.3, -0.25) is 9.89 Å². The van der Waals surface area contributed by atoms with Crippen LogP contribution in [-0.4, -0.2) is 22.3 Å². The summed E-state index contributed by atoms with van der Waals surface area (Å²) in [6.07, 6.45) is 0.137. The third-order valence-corrected chi connectivity index (χ3v) is 3.91. The molecule has 8 heteroatoms. The first-order valence-corrected chi connectivity index (χ1v) is 7.52. The largest absolute Gasteiger partial charge is 0.417 e. The van der Waals surface area contributed by atoms with Crippen LogP contribution < -0.4 is 5.43 Å². The molecule has 1 heterocycles. The van der Waals surface area contributed by atoms with Crippen LogP contribution in [0.2, 0.25) is 0 Å². The predicted molar refractivity (Wildman–Crippen MR) is 81.7 cm³/mol. The van der Waals surface area contributed by atoms with Crippen LogP contribution in [0.1, 0.15) is 45.7 Å². The maximum absolute atomic E-state index is 12.9. The maximum atomic E-state index is 12.9. The number of hydrogen-bond donors (Lipinski definition) is 2. The minimum absolute atomic E-state index is 0.116. The van der Waals surface area contributed by atoms with Crippen LogP contribution >= 0.6 is 0 Å². The van der Waals surface area contributed by atoms with Gasteiger partial charge in [0, 0.05) is 16.8 Å². The summed E-state index contributed by atoms with van der Waals surface area (Å²) in [6.45, 7) is 0. The summed E-state index contributed by atoms with van der Waals surface area (Å²) < 4.78 is 38.6.